The van der Waals surface area contributed by atoms with Gasteiger partial charge in [-0.05, 0) is 42.5 Å². The highest BCUT2D eigenvalue weighted by Crippen LogP contribution is 2.22. The summed E-state index contributed by atoms with van der Waals surface area (Å²) in [7, 11) is 2.82. The molecule has 2 heterocycles. The standard InChI is InChI=1S/C24H20N2O6S/c1-30-17-6-3-5-15(11-17)21(27)14-33-24-25-20-12-16(23(29)31-2)8-9-19(20)22(28)26(24)13-18-7-4-10-32-18/h3-12H,13-14H2,1-2H3. The molecule has 0 saturated heterocycles. The maximum absolute atomic E-state index is 13.3. The average Bonchev–Trinajstić information content (AvgIpc) is 3.37. The molecule has 0 N–H and O–H groups in total. The van der Waals surface area contributed by atoms with E-state index in [0.29, 0.717) is 33.1 Å². The van der Waals surface area contributed by atoms with Crippen LogP contribution < -0.4 is 10.3 Å². The largest absolute Gasteiger partial charge is 0.497 e. The molecule has 0 fully saturated rings. The Morgan fingerprint density at radius 3 is 2.64 bits per heavy atom. The van der Waals surface area contributed by atoms with Crippen LogP contribution in [0.5, 0.6) is 5.75 Å². The molecular formula is C24H20N2O6S. The summed E-state index contributed by atoms with van der Waals surface area (Å²) in [6.45, 7) is 0.156. The van der Waals surface area contributed by atoms with Crippen molar-refractivity contribution in [3.8, 4) is 5.75 Å². The Morgan fingerprint density at radius 2 is 1.91 bits per heavy atom. The Balaban J connectivity index is 1.72. The summed E-state index contributed by atoms with van der Waals surface area (Å²) in [5.74, 6) is 0.548. The van der Waals surface area contributed by atoms with Crippen molar-refractivity contribution in [2.45, 2.75) is 11.7 Å². The monoisotopic (exact) mass is 464 g/mol. The first-order valence-electron chi connectivity index (χ1n) is 9.95. The molecule has 0 atom stereocenters. The van der Waals surface area contributed by atoms with Crippen LogP contribution in [0.1, 0.15) is 26.5 Å². The normalized spacial score (nSPS) is 10.8. The smallest absolute Gasteiger partial charge is 0.337 e. The third kappa shape index (κ3) is 4.83. The van der Waals surface area contributed by atoms with Gasteiger partial charge >= 0.3 is 5.97 Å². The first-order valence-corrected chi connectivity index (χ1v) is 10.9. The maximum atomic E-state index is 13.3. The van der Waals surface area contributed by atoms with Gasteiger partial charge in [0.2, 0.25) is 0 Å². The van der Waals surface area contributed by atoms with Crippen LogP contribution in [-0.2, 0) is 11.3 Å². The number of methoxy groups -OCH3 is 2. The zero-order valence-electron chi connectivity index (χ0n) is 17.9. The summed E-state index contributed by atoms with van der Waals surface area (Å²) in [6, 6.07) is 14.9. The summed E-state index contributed by atoms with van der Waals surface area (Å²) in [5.41, 5.74) is 0.818. The number of thioether (sulfide) groups is 1. The predicted molar refractivity (Wildman–Crippen MR) is 123 cm³/mol. The molecule has 0 bridgehead atoms. The Bertz CT molecular complexity index is 1380. The highest BCUT2D eigenvalue weighted by Gasteiger charge is 2.17. The lowest BCUT2D eigenvalue weighted by molar-refractivity contribution is 0.0600. The molecule has 33 heavy (non-hydrogen) atoms. The molecule has 0 saturated carbocycles. The summed E-state index contributed by atoms with van der Waals surface area (Å²) >= 11 is 1.14. The fraction of sp³-hybridized carbons (Fsp3) is 0.167. The van der Waals surface area contributed by atoms with E-state index < -0.39 is 5.97 Å². The van der Waals surface area contributed by atoms with Crippen molar-refractivity contribution in [2.75, 3.05) is 20.0 Å². The summed E-state index contributed by atoms with van der Waals surface area (Å²) in [5, 5.41) is 0.680. The molecule has 8 nitrogen and oxygen atoms in total. The van der Waals surface area contributed by atoms with Gasteiger partial charge in [-0.1, -0.05) is 23.9 Å². The molecule has 4 aromatic rings. The number of aromatic nitrogens is 2. The Kier molecular flexibility index (Phi) is 6.60. The molecule has 2 aromatic heterocycles. The number of fused-ring (bicyclic) bond motifs is 1. The van der Waals surface area contributed by atoms with Crippen molar-refractivity contribution >= 4 is 34.4 Å². The number of rotatable bonds is 8. The number of hydrogen-bond acceptors (Lipinski definition) is 8. The number of carbonyl (C=O) groups excluding carboxylic acids is 2. The Labute approximate surface area is 193 Å². The van der Waals surface area contributed by atoms with Gasteiger partial charge in [-0.25, -0.2) is 9.78 Å². The topological polar surface area (TPSA) is 101 Å². The fourth-order valence-electron chi connectivity index (χ4n) is 3.26. The average molecular weight is 464 g/mol. The van der Waals surface area contributed by atoms with Crippen LogP contribution in [0, 0.1) is 0 Å². The second kappa shape index (κ2) is 9.74. The number of nitrogens with zero attached hydrogens (tertiary/aromatic N) is 2. The van der Waals surface area contributed by atoms with Crippen LogP contribution in [0.15, 0.2) is 75.2 Å². The van der Waals surface area contributed by atoms with Crippen LogP contribution in [-0.4, -0.2) is 41.3 Å². The minimum atomic E-state index is -0.527. The molecule has 4 rings (SSSR count). The van der Waals surface area contributed by atoms with E-state index >= 15 is 0 Å². The van der Waals surface area contributed by atoms with Gasteiger partial charge in [-0.3, -0.25) is 14.2 Å². The molecular weight excluding hydrogens is 444 g/mol. The molecule has 0 radical (unpaired) electrons. The third-order valence-corrected chi connectivity index (χ3v) is 5.94. The zero-order chi connectivity index (χ0) is 23.4. The molecule has 0 aliphatic rings. The summed E-state index contributed by atoms with van der Waals surface area (Å²) < 4.78 is 16.8. The quantitative estimate of drug-likeness (QED) is 0.168. The summed E-state index contributed by atoms with van der Waals surface area (Å²) in [4.78, 5) is 42.6. The highest BCUT2D eigenvalue weighted by atomic mass is 32.2. The van der Waals surface area contributed by atoms with Crippen molar-refractivity contribution in [1.82, 2.24) is 9.55 Å². The van der Waals surface area contributed by atoms with E-state index in [1.54, 1.807) is 42.5 Å². The van der Waals surface area contributed by atoms with E-state index in [9.17, 15) is 14.4 Å². The lowest BCUT2D eigenvalue weighted by Gasteiger charge is -2.12. The number of Topliss-reactive ketones (excluding diaryl/α,β-unsaturated/α-hetero) is 1. The van der Waals surface area contributed by atoms with Gasteiger partial charge in [-0.2, -0.15) is 0 Å². The van der Waals surface area contributed by atoms with E-state index in [1.807, 2.05) is 0 Å². The molecule has 168 valence electrons. The van der Waals surface area contributed by atoms with Gasteiger partial charge in [0.05, 0.1) is 49.2 Å². The number of carbonyl (C=O) groups is 2. The van der Waals surface area contributed by atoms with Gasteiger partial charge in [0.25, 0.3) is 5.56 Å². The van der Waals surface area contributed by atoms with E-state index in [-0.39, 0.29) is 29.2 Å². The van der Waals surface area contributed by atoms with Crippen molar-refractivity contribution in [1.29, 1.82) is 0 Å². The summed E-state index contributed by atoms with van der Waals surface area (Å²) in [6.07, 6.45) is 1.52. The second-order valence-corrected chi connectivity index (χ2v) is 7.97. The minimum absolute atomic E-state index is 0.0555. The van der Waals surface area contributed by atoms with Gasteiger partial charge in [0, 0.05) is 5.56 Å². The van der Waals surface area contributed by atoms with E-state index in [2.05, 4.69) is 4.98 Å². The highest BCUT2D eigenvalue weighted by molar-refractivity contribution is 7.99. The number of furan rings is 1. The van der Waals surface area contributed by atoms with Gasteiger partial charge in [0.15, 0.2) is 10.9 Å². The number of esters is 1. The number of ketones is 1. The molecule has 0 amide bonds. The lowest BCUT2D eigenvalue weighted by atomic mass is 10.1. The molecule has 2 aromatic carbocycles. The molecule has 9 heteroatoms. The zero-order valence-corrected chi connectivity index (χ0v) is 18.8. The van der Waals surface area contributed by atoms with Gasteiger partial charge in [-0.15, -0.1) is 0 Å². The van der Waals surface area contributed by atoms with E-state index in [0.717, 1.165) is 11.8 Å². The minimum Gasteiger partial charge on any atom is -0.497 e. The van der Waals surface area contributed by atoms with Crippen LogP contribution >= 0.6 is 11.8 Å². The Morgan fingerprint density at radius 1 is 1.06 bits per heavy atom. The molecule has 0 unspecified atom stereocenters. The van der Waals surface area contributed by atoms with Gasteiger partial charge in [0.1, 0.15) is 11.5 Å². The maximum Gasteiger partial charge on any atom is 0.337 e. The van der Waals surface area contributed by atoms with Crippen LogP contribution in [0.4, 0.5) is 0 Å². The van der Waals surface area contributed by atoms with Crippen molar-refractivity contribution in [3.05, 3.63) is 88.1 Å². The Hall–Kier alpha value is -3.85. The van der Waals surface area contributed by atoms with Crippen molar-refractivity contribution in [2.24, 2.45) is 0 Å². The second-order valence-electron chi connectivity index (χ2n) is 7.03. The first kappa shape index (κ1) is 22.3. The molecule has 0 spiro atoms. The predicted octanol–water partition coefficient (Wildman–Crippen LogP) is 3.81. The lowest BCUT2D eigenvalue weighted by Crippen LogP contribution is -2.24. The molecule has 0 aliphatic heterocycles. The SMILES string of the molecule is COC(=O)c1ccc2c(=O)n(Cc3ccco3)c(SCC(=O)c3cccc(OC)c3)nc2c1. The van der Waals surface area contributed by atoms with Crippen LogP contribution in [0.25, 0.3) is 10.9 Å². The van der Waals surface area contributed by atoms with Gasteiger partial charge < -0.3 is 13.9 Å². The van der Waals surface area contributed by atoms with E-state index in [1.165, 1.54) is 37.2 Å². The van der Waals surface area contributed by atoms with Crippen molar-refractivity contribution < 1.29 is 23.5 Å². The molecule has 0 aliphatic carbocycles. The van der Waals surface area contributed by atoms with Crippen LogP contribution in [0.3, 0.4) is 0 Å². The number of hydrogen-bond donors (Lipinski definition) is 0. The first-order chi connectivity index (χ1) is 16.0. The number of ether oxygens (including phenoxy) is 2. The fourth-order valence-corrected chi connectivity index (χ4v) is 4.16. The third-order valence-electron chi connectivity index (χ3n) is 4.96. The van der Waals surface area contributed by atoms with E-state index in [4.69, 9.17) is 13.9 Å². The van der Waals surface area contributed by atoms with Crippen LogP contribution in [0.2, 0.25) is 0 Å². The number of benzene rings is 2. The van der Waals surface area contributed by atoms with Crippen molar-refractivity contribution in [3.63, 3.8) is 0 Å².